The van der Waals surface area contributed by atoms with E-state index in [2.05, 4.69) is 24.7 Å². The highest BCUT2D eigenvalue weighted by Crippen LogP contribution is 2.32. The van der Waals surface area contributed by atoms with Crippen molar-refractivity contribution in [1.29, 1.82) is 0 Å². The van der Waals surface area contributed by atoms with Crippen molar-refractivity contribution >= 4 is 32.3 Å². The average molecular weight is 514 g/mol. The van der Waals surface area contributed by atoms with Gasteiger partial charge in [0, 0.05) is 25.2 Å². The summed E-state index contributed by atoms with van der Waals surface area (Å²) >= 11 is 0. The van der Waals surface area contributed by atoms with Gasteiger partial charge in [-0.2, -0.15) is 0 Å². The van der Waals surface area contributed by atoms with Crippen LogP contribution in [0.5, 0.6) is 5.75 Å². The second-order valence-electron chi connectivity index (χ2n) is 7.81. The van der Waals surface area contributed by atoms with Crippen molar-refractivity contribution in [1.82, 2.24) is 24.7 Å². The number of nitro benzene ring substituents is 1. The molecule has 14 heteroatoms. The smallest absolute Gasteiger partial charge is 0.293 e. The van der Waals surface area contributed by atoms with Crippen LogP contribution in [0, 0.1) is 10.1 Å². The first-order valence-electron chi connectivity index (χ1n) is 10.9. The van der Waals surface area contributed by atoms with E-state index in [0.717, 1.165) is 6.07 Å². The fourth-order valence-electron chi connectivity index (χ4n) is 3.50. The quantitative estimate of drug-likeness (QED) is 0.139. The average Bonchev–Trinajstić information content (AvgIpc) is 3.35. The Labute approximate surface area is 204 Å². The Hall–Kier alpha value is -4.30. The Bertz CT molecular complexity index is 1580. The maximum absolute atomic E-state index is 12.9. The van der Waals surface area contributed by atoms with E-state index in [1.54, 1.807) is 6.20 Å². The third kappa shape index (κ3) is 5.18. The number of hydrogen-bond acceptors (Lipinski definition) is 9. The molecule has 188 valence electrons. The lowest BCUT2D eigenvalue weighted by atomic mass is 10.1. The molecule has 2 heterocycles. The lowest BCUT2D eigenvalue weighted by Gasteiger charge is -2.14. The van der Waals surface area contributed by atoms with E-state index >= 15 is 0 Å². The molecule has 0 saturated carbocycles. The van der Waals surface area contributed by atoms with Gasteiger partial charge in [0.05, 0.1) is 44.9 Å². The van der Waals surface area contributed by atoms with Crippen LogP contribution in [0.2, 0.25) is 0 Å². The van der Waals surface area contributed by atoms with Gasteiger partial charge in [0.15, 0.2) is 0 Å². The van der Waals surface area contributed by atoms with Crippen LogP contribution in [0.15, 0.2) is 52.5 Å². The van der Waals surface area contributed by atoms with Gasteiger partial charge in [-0.05, 0) is 30.7 Å². The summed E-state index contributed by atoms with van der Waals surface area (Å²) in [6.07, 6.45) is 4.26. The molecule has 2 aromatic heterocycles. The number of ether oxygens (including phenoxy) is 1. The number of anilines is 1. The number of sulfonamides is 1. The topological polar surface area (TPSA) is 199 Å². The van der Waals surface area contributed by atoms with Crippen LogP contribution in [0.25, 0.3) is 22.3 Å². The highest BCUT2D eigenvalue weighted by atomic mass is 32.2. The zero-order valence-corrected chi connectivity index (χ0v) is 20.0. The monoisotopic (exact) mass is 513 g/mol. The summed E-state index contributed by atoms with van der Waals surface area (Å²) in [5.74, 6) is 0.338. The van der Waals surface area contributed by atoms with E-state index in [9.17, 15) is 23.3 Å². The van der Waals surface area contributed by atoms with E-state index in [4.69, 9.17) is 10.5 Å². The van der Waals surface area contributed by atoms with Gasteiger partial charge in [0.1, 0.15) is 17.3 Å². The predicted molar refractivity (Wildman–Crippen MR) is 132 cm³/mol. The maximum atomic E-state index is 12.9. The van der Waals surface area contributed by atoms with E-state index in [1.807, 2.05) is 6.92 Å². The minimum Gasteiger partial charge on any atom is -0.493 e. The predicted octanol–water partition coefficient (Wildman–Crippen LogP) is 2.11. The first-order valence-corrected chi connectivity index (χ1v) is 12.4. The second-order valence-corrected chi connectivity index (χ2v) is 9.58. The normalized spacial score (nSPS) is 11.6. The summed E-state index contributed by atoms with van der Waals surface area (Å²) in [5.41, 5.74) is 5.61. The Morgan fingerprint density at radius 3 is 2.75 bits per heavy atom. The second kappa shape index (κ2) is 10.1. The molecule has 36 heavy (non-hydrogen) atoms. The number of aromatic nitrogens is 4. The molecule has 0 aliphatic rings. The van der Waals surface area contributed by atoms with Gasteiger partial charge in [-0.15, -0.1) is 0 Å². The summed E-state index contributed by atoms with van der Waals surface area (Å²) < 4.78 is 34.2. The van der Waals surface area contributed by atoms with Crippen LogP contribution in [-0.2, 0) is 16.4 Å². The third-order valence-electron chi connectivity index (χ3n) is 5.26. The van der Waals surface area contributed by atoms with Crippen molar-refractivity contribution in [2.75, 3.05) is 18.9 Å². The molecule has 0 bridgehead atoms. The van der Waals surface area contributed by atoms with Gasteiger partial charge < -0.3 is 20.4 Å². The minimum atomic E-state index is -3.91. The van der Waals surface area contributed by atoms with Crippen molar-refractivity contribution in [3.63, 3.8) is 0 Å². The lowest BCUT2D eigenvalue weighted by molar-refractivity contribution is -0.383. The molecule has 0 saturated heterocycles. The largest absolute Gasteiger partial charge is 0.493 e. The minimum absolute atomic E-state index is 0.0282. The summed E-state index contributed by atoms with van der Waals surface area (Å²) in [5, 5.41) is 11.2. The van der Waals surface area contributed by atoms with Gasteiger partial charge in [0.25, 0.3) is 11.2 Å². The first kappa shape index (κ1) is 24.8. The molecule has 0 radical (unpaired) electrons. The molecule has 0 aliphatic heterocycles. The van der Waals surface area contributed by atoms with Gasteiger partial charge in [-0.3, -0.25) is 14.9 Å². The van der Waals surface area contributed by atoms with Crippen molar-refractivity contribution in [2.45, 2.75) is 24.7 Å². The van der Waals surface area contributed by atoms with Gasteiger partial charge in [0.2, 0.25) is 10.0 Å². The first-order chi connectivity index (χ1) is 17.2. The molecule has 0 atom stereocenters. The standard InChI is InChI=1S/C22H23N7O6S/c1-2-7-35-20-4-3-14(36(33,34)26-6-5-13-11-24-12-25-13)8-16(20)21-27-18-10-17(23)19(29(31)32)9-15(18)22(30)28-21/h3-4,8-12,26H,2,5-7,23H2,1H3,(H,24,25)(H,27,28,30). The van der Waals surface area contributed by atoms with E-state index in [-0.39, 0.29) is 39.4 Å². The summed E-state index contributed by atoms with van der Waals surface area (Å²) in [6.45, 7) is 2.38. The number of nitro groups is 1. The molecule has 0 aliphatic carbocycles. The highest BCUT2D eigenvalue weighted by molar-refractivity contribution is 7.89. The summed E-state index contributed by atoms with van der Waals surface area (Å²) in [7, 11) is -3.91. The van der Waals surface area contributed by atoms with Gasteiger partial charge in [-0.1, -0.05) is 6.92 Å². The molecule has 13 nitrogen and oxygen atoms in total. The van der Waals surface area contributed by atoms with E-state index in [1.165, 1.54) is 30.6 Å². The van der Waals surface area contributed by atoms with E-state index < -0.39 is 26.2 Å². The number of fused-ring (bicyclic) bond motifs is 1. The van der Waals surface area contributed by atoms with Crippen LogP contribution in [-0.4, -0.2) is 46.4 Å². The number of aromatic amines is 2. The maximum Gasteiger partial charge on any atom is 0.293 e. The molecule has 0 unspecified atom stereocenters. The van der Waals surface area contributed by atoms with E-state index in [0.29, 0.717) is 30.9 Å². The Morgan fingerprint density at radius 1 is 1.25 bits per heavy atom. The zero-order valence-electron chi connectivity index (χ0n) is 19.1. The number of benzene rings is 2. The summed E-state index contributed by atoms with van der Waals surface area (Å²) in [6, 6.07) is 6.52. The Morgan fingerprint density at radius 2 is 2.06 bits per heavy atom. The van der Waals surface area contributed by atoms with Crippen molar-refractivity contribution in [3.8, 4) is 17.1 Å². The highest BCUT2D eigenvalue weighted by Gasteiger charge is 2.21. The molecule has 2 aromatic carbocycles. The Kier molecular flexibility index (Phi) is 6.98. The SMILES string of the molecule is CCCOc1ccc(S(=O)(=O)NCCc2c[nH]cn2)cc1-c1nc2cc(N)c([N+](=O)[O-])cc2c(=O)[nH]1. The van der Waals surface area contributed by atoms with Gasteiger partial charge in [-0.25, -0.2) is 23.1 Å². The molecular weight excluding hydrogens is 490 g/mol. The number of hydrogen-bond donors (Lipinski definition) is 4. The number of nitrogen functional groups attached to an aromatic ring is 1. The number of nitrogens with two attached hydrogens (primary N) is 1. The molecular formula is C22H23N7O6S. The number of rotatable bonds is 10. The fourth-order valence-corrected chi connectivity index (χ4v) is 4.56. The van der Waals surface area contributed by atoms with Crippen LogP contribution in [0.1, 0.15) is 19.0 Å². The number of imidazole rings is 1. The molecule has 0 spiro atoms. The molecule has 4 aromatic rings. The Balaban J connectivity index is 1.75. The van der Waals surface area contributed by atoms with Gasteiger partial charge >= 0.3 is 0 Å². The number of H-pyrrole nitrogens is 2. The molecule has 4 rings (SSSR count). The van der Waals surface area contributed by atoms with Crippen LogP contribution in [0.4, 0.5) is 11.4 Å². The summed E-state index contributed by atoms with van der Waals surface area (Å²) in [4.78, 5) is 37.1. The number of nitrogens with one attached hydrogen (secondary N) is 3. The fraction of sp³-hybridized carbons (Fsp3) is 0.227. The van der Waals surface area contributed by atoms with Crippen LogP contribution in [0.3, 0.4) is 0 Å². The van der Waals surface area contributed by atoms with Crippen LogP contribution >= 0.6 is 0 Å². The zero-order chi connectivity index (χ0) is 25.9. The van der Waals surface area contributed by atoms with Crippen molar-refractivity contribution in [3.05, 3.63) is 69.0 Å². The third-order valence-corrected chi connectivity index (χ3v) is 6.72. The van der Waals surface area contributed by atoms with Crippen LogP contribution < -0.4 is 20.8 Å². The van der Waals surface area contributed by atoms with Crippen molar-refractivity contribution < 1.29 is 18.1 Å². The molecule has 0 fully saturated rings. The molecule has 0 amide bonds. The number of nitrogens with zero attached hydrogens (tertiary/aromatic N) is 3. The van der Waals surface area contributed by atoms with Crippen molar-refractivity contribution in [2.24, 2.45) is 0 Å². The molecule has 5 N–H and O–H groups in total. The lowest BCUT2D eigenvalue weighted by Crippen LogP contribution is -2.26.